The minimum Gasteiger partial charge on any atom is -0.274 e. The first-order valence-electron chi connectivity index (χ1n) is 10.8. The van der Waals surface area contributed by atoms with E-state index in [-0.39, 0.29) is 35.5 Å². The molecule has 1 saturated carbocycles. The third-order valence-corrected chi connectivity index (χ3v) is 7.57. The number of halogens is 1. The molecule has 0 spiro atoms. The zero-order chi connectivity index (χ0) is 21.8. The molecule has 4 heteroatoms. The van der Waals surface area contributed by atoms with Gasteiger partial charge in [-0.15, -0.1) is 0 Å². The molecule has 0 aromatic heterocycles. The van der Waals surface area contributed by atoms with Crippen molar-refractivity contribution in [1.82, 2.24) is 0 Å². The highest BCUT2D eigenvalue weighted by Crippen LogP contribution is 2.58. The quantitative estimate of drug-likeness (QED) is 0.248. The molecule has 3 aromatic carbocycles. The molecule has 32 heavy (non-hydrogen) atoms. The van der Waals surface area contributed by atoms with Crippen LogP contribution >= 0.6 is 22.6 Å². The number of anilines is 1. The summed E-state index contributed by atoms with van der Waals surface area (Å²) >= 11 is 2.22. The minimum absolute atomic E-state index is 0.0513. The van der Waals surface area contributed by atoms with Crippen LogP contribution in [0.15, 0.2) is 103 Å². The Balaban J connectivity index is 1.49. The van der Waals surface area contributed by atoms with Gasteiger partial charge in [-0.25, -0.2) is 4.90 Å². The number of amides is 2. The van der Waals surface area contributed by atoms with Crippen LogP contribution in [0.2, 0.25) is 0 Å². The summed E-state index contributed by atoms with van der Waals surface area (Å²) in [4.78, 5) is 28.6. The monoisotopic (exact) mass is 529 g/mol. The zero-order valence-electron chi connectivity index (χ0n) is 17.2. The van der Waals surface area contributed by atoms with E-state index in [4.69, 9.17) is 0 Å². The Kier molecular flexibility index (Phi) is 4.65. The van der Waals surface area contributed by atoms with Gasteiger partial charge in [0, 0.05) is 15.4 Å². The van der Waals surface area contributed by atoms with Gasteiger partial charge >= 0.3 is 0 Å². The fraction of sp³-hybridized carbons (Fsp3) is 0.143. The molecule has 6 rings (SSSR count). The van der Waals surface area contributed by atoms with Crippen LogP contribution in [0.5, 0.6) is 0 Å². The molecule has 0 unspecified atom stereocenters. The Bertz CT molecular complexity index is 1220. The molecule has 0 radical (unpaired) electrons. The van der Waals surface area contributed by atoms with E-state index >= 15 is 0 Å². The lowest BCUT2D eigenvalue weighted by Gasteiger charge is -2.21. The van der Waals surface area contributed by atoms with Crippen LogP contribution in [0.4, 0.5) is 5.69 Å². The van der Waals surface area contributed by atoms with Gasteiger partial charge < -0.3 is 0 Å². The first kappa shape index (κ1) is 19.7. The first-order chi connectivity index (χ1) is 15.6. The molecular weight excluding hydrogens is 509 g/mol. The van der Waals surface area contributed by atoms with E-state index in [1.165, 1.54) is 10.5 Å². The van der Waals surface area contributed by atoms with Gasteiger partial charge in [0.2, 0.25) is 11.8 Å². The van der Waals surface area contributed by atoms with Gasteiger partial charge in [0.05, 0.1) is 17.5 Å². The van der Waals surface area contributed by atoms with Crippen LogP contribution in [0.3, 0.4) is 0 Å². The summed E-state index contributed by atoms with van der Waals surface area (Å²) in [6.07, 6.45) is 4.30. The Morgan fingerprint density at radius 3 is 1.72 bits per heavy atom. The van der Waals surface area contributed by atoms with Crippen molar-refractivity contribution in [3.8, 4) is 0 Å². The first-order valence-corrected chi connectivity index (χ1v) is 11.9. The molecule has 4 atom stereocenters. The lowest BCUT2D eigenvalue weighted by molar-refractivity contribution is -0.122. The summed E-state index contributed by atoms with van der Waals surface area (Å²) in [6, 6.07) is 28.3. The van der Waals surface area contributed by atoms with E-state index in [1.807, 2.05) is 60.7 Å². The fourth-order valence-corrected chi connectivity index (χ4v) is 6.20. The third kappa shape index (κ3) is 2.85. The van der Waals surface area contributed by atoms with E-state index < -0.39 is 0 Å². The average Bonchev–Trinajstić information content (AvgIpc) is 3.45. The zero-order valence-corrected chi connectivity index (χ0v) is 19.3. The molecule has 3 nitrogen and oxygen atoms in total. The molecule has 2 bridgehead atoms. The number of carbonyl (C=O) groups is 2. The summed E-state index contributed by atoms with van der Waals surface area (Å²) in [5.74, 6) is -0.900. The number of carbonyl (C=O) groups excluding carboxylic acids is 2. The Hall–Kier alpha value is -2.99. The van der Waals surface area contributed by atoms with E-state index in [9.17, 15) is 9.59 Å². The maximum absolute atomic E-state index is 13.6. The van der Waals surface area contributed by atoms with Crippen molar-refractivity contribution in [2.24, 2.45) is 23.7 Å². The fourth-order valence-electron chi connectivity index (χ4n) is 5.68. The SMILES string of the molecule is O=C1[C@@H]2[C@H](C(=O)N1c1cccc(I)c1)[C@H]1C=C[C@H]2C1=C(c1ccccc1)c1ccccc1. The van der Waals surface area contributed by atoms with Crippen molar-refractivity contribution in [3.63, 3.8) is 0 Å². The molecule has 2 aliphatic carbocycles. The summed E-state index contributed by atoms with van der Waals surface area (Å²) in [6.45, 7) is 0. The minimum atomic E-state index is -0.326. The molecular formula is C28H20INO2. The second-order valence-electron chi connectivity index (χ2n) is 8.54. The number of rotatable bonds is 3. The Morgan fingerprint density at radius 2 is 1.22 bits per heavy atom. The molecule has 3 aliphatic rings. The highest BCUT2D eigenvalue weighted by atomic mass is 127. The maximum Gasteiger partial charge on any atom is 0.238 e. The van der Waals surface area contributed by atoms with Gasteiger partial charge in [0.1, 0.15) is 0 Å². The number of hydrogen-bond donors (Lipinski definition) is 0. The van der Waals surface area contributed by atoms with Crippen molar-refractivity contribution in [3.05, 3.63) is 117 Å². The average molecular weight is 529 g/mol. The Labute approximate surface area is 200 Å². The number of nitrogens with zero attached hydrogens (tertiary/aromatic N) is 1. The number of imide groups is 1. The van der Waals surface area contributed by atoms with Gasteiger partial charge in [-0.2, -0.15) is 0 Å². The standard InChI is InChI=1S/C28H20INO2/c29-19-12-7-13-20(16-19)30-27(31)25-21-14-15-22(26(25)28(30)32)24(21)23(17-8-3-1-4-9-17)18-10-5-2-6-11-18/h1-16,21-22,25-26H/t21-,22-,25-,26+/m0/s1. The van der Waals surface area contributed by atoms with Crippen molar-refractivity contribution in [1.29, 1.82) is 0 Å². The second kappa shape index (κ2) is 7.55. The molecule has 1 heterocycles. The van der Waals surface area contributed by atoms with Gasteiger partial charge in [-0.05, 0) is 63.1 Å². The van der Waals surface area contributed by atoms with E-state index in [0.29, 0.717) is 5.69 Å². The van der Waals surface area contributed by atoms with E-state index in [1.54, 1.807) is 0 Å². The number of allylic oxidation sites excluding steroid dienone is 3. The predicted octanol–water partition coefficient (Wildman–Crippen LogP) is 5.71. The van der Waals surface area contributed by atoms with Crippen molar-refractivity contribution in [2.75, 3.05) is 4.90 Å². The van der Waals surface area contributed by atoms with Crippen LogP contribution in [0.1, 0.15) is 11.1 Å². The van der Waals surface area contributed by atoms with Gasteiger partial charge in [-0.3, -0.25) is 9.59 Å². The van der Waals surface area contributed by atoms with E-state index in [0.717, 1.165) is 20.3 Å². The van der Waals surface area contributed by atoms with Crippen molar-refractivity contribution in [2.45, 2.75) is 0 Å². The van der Waals surface area contributed by atoms with Crippen molar-refractivity contribution < 1.29 is 9.59 Å². The molecule has 1 saturated heterocycles. The number of hydrogen-bond acceptors (Lipinski definition) is 2. The van der Waals surface area contributed by atoms with Gasteiger partial charge in [0.25, 0.3) is 0 Å². The van der Waals surface area contributed by atoms with Crippen LogP contribution in [-0.2, 0) is 9.59 Å². The summed E-state index contributed by atoms with van der Waals surface area (Å²) in [7, 11) is 0. The highest BCUT2D eigenvalue weighted by Gasteiger charge is 2.62. The summed E-state index contributed by atoms with van der Waals surface area (Å²) in [5, 5.41) is 0. The number of fused-ring (bicyclic) bond motifs is 5. The molecule has 3 aromatic rings. The van der Waals surface area contributed by atoms with Crippen LogP contribution < -0.4 is 4.90 Å². The normalized spacial score (nSPS) is 25.5. The Morgan fingerprint density at radius 1 is 0.688 bits per heavy atom. The smallest absolute Gasteiger partial charge is 0.238 e. The maximum atomic E-state index is 13.6. The van der Waals surface area contributed by atoms with Gasteiger partial charge in [0.15, 0.2) is 0 Å². The molecule has 0 N–H and O–H groups in total. The van der Waals surface area contributed by atoms with Crippen LogP contribution in [-0.4, -0.2) is 11.8 Å². The second-order valence-corrected chi connectivity index (χ2v) is 9.79. The summed E-state index contributed by atoms with van der Waals surface area (Å²) < 4.78 is 1.01. The van der Waals surface area contributed by atoms with Crippen molar-refractivity contribution >= 4 is 45.7 Å². The van der Waals surface area contributed by atoms with Crippen LogP contribution in [0, 0.1) is 27.2 Å². The van der Waals surface area contributed by atoms with Crippen LogP contribution in [0.25, 0.3) is 5.57 Å². The molecule has 2 amide bonds. The lowest BCUT2D eigenvalue weighted by Crippen LogP contribution is -2.33. The highest BCUT2D eigenvalue weighted by molar-refractivity contribution is 14.1. The third-order valence-electron chi connectivity index (χ3n) is 6.90. The van der Waals surface area contributed by atoms with Gasteiger partial charge in [-0.1, -0.05) is 78.9 Å². The summed E-state index contributed by atoms with van der Waals surface area (Å²) in [5.41, 5.74) is 5.30. The lowest BCUT2D eigenvalue weighted by atomic mass is 9.85. The predicted molar refractivity (Wildman–Crippen MR) is 134 cm³/mol. The molecule has 156 valence electrons. The number of benzene rings is 3. The molecule has 1 aliphatic heterocycles. The topological polar surface area (TPSA) is 37.4 Å². The molecule has 2 fully saturated rings. The largest absolute Gasteiger partial charge is 0.274 e. The van der Waals surface area contributed by atoms with E-state index in [2.05, 4.69) is 59.0 Å².